The van der Waals surface area contributed by atoms with Crippen LogP contribution in [0.25, 0.3) is 16.8 Å². The summed E-state index contributed by atoms with van der Waals surface area (Å²) in [6, 6.07) is 1.89. The van der Waals surface area contributed by atoms with Crippen LogP contribution in [0.4, 0.5) is 5.95 Å². The predicted octanol–water partition coefficient (Wildman–Crippen LogP) is 1.84. The lowest BCUT2D eigenvalue weighted by molar-refractivity contribution is 0.592. The number of rotatable bonds is 5. The zero-order chi connectivity index (χ0) is 20.1. The number of hydrogen-bond donors (Lipinski definition) is 2. The van der Waals surface area contributed by atoms with Crippen molar-refractivity contribution in [2.45, 2.75) is 38.4 Å². The normalized spacial score (nSPS) is 12.3. The third-order valence-corrected chi connectivity index (χ3v) is 5.22. The van der Waals surface area contributed by atoms with E-state index in [2.05, 4.69) is 35.3 Å². The Kier molecular flexibility index (Phi) is 4.26. The van der Waals surface area contributed by atoms with Crippen LogP contribution in [0.15, 0.2) is 23.6 Å². The van der Waals surface area contributed by atoms with Crippen LogP contribution in [0, 0.1) is 6.92 Å². The molecule has 0 amide bonds. The summed E-state index contributed by atoms with van der Waals surface area (Å²) in [5.41, 5.74) is 3.83. The molecule has 0 aromatic carbocycles. The van der Waals surface area contributed by atoms with Gasteiger partial charge in [0, 0.05) is 18.0 Å². The van der Waals surface area contributed by atoms with Crippen molar-refractivity contribution in [3.05, 3.63) is 35.4 Å². The van der Waals surface area contributed by atoms with Gasteiger partial charge in [-0.15, -0.1) is 0 Å². The number of anilines is 1. The quantitative estimate of drug-likeness (QED) is 0.519. The van der Waals surface area contributed by atoms with E-state index in [0.717, 1.165) is 22.9 Å². The molecule has 0 aliphatic rings. The highest BCUT2D eigenvalue weighted by Gasteiger charge is 2.20. The number of fused-ring (bicyclic) bond motifs is 2. The number of nitrogens with zero attached hydrogens (tertiary/aromatic N) is 6. The van der Waals surface area contributed by atoms with E-state index in [-0.39, 0.29) is 17.0 Å². The Morgan fingerprint density at radius 2 is 2.04 bits per heavy atom. The zero-order valence-electron chi connectivity index (χ0n) is 15.9. The molecule has 0 unspecified atom stereocenters. The Morgan fingerprint density at radius 3 is 2.71 bits per heavy atom. The van der Waals surface area contributed by atoms with Gasteiger partial charge >= 0.3 is 0 Å². The van der Waals surface area contributed by atoms with Gasteiger partial charge in [-0.25, -0.2) is 18.4 Å². The standard InChI is InChI=1S/C17H20N8O2S/c1-9(2)11-7-20-25-15(11)23-17(28(4,26)27)24-16(25)19-8-12-21-13-10(3)5-6-18-14(13)22-12/h5-7,9H,8H2,1-4H3,(H,18,21,22)(H,19,23,24). The molecule has 4 aromatic rings. The third-order valence-electron chi connectivity index (χ3n) is 4.38. The molecule has 2 N–H and O–H groups in total. The molecule has 146 valence electrons. The first-order chi connectivity index (χ1) is 13.2. The lowest BCUT2D eigenvalue weighted by Crippen LogP contribution is -2.14. The van der Waals surface area contributed by atoms with E-state index in [9.17, 15) is 8.42 Å². The van der Waals surface area contributed by atoms with Crippen molar-refractivity contribution in [3.8, 4) is 0 Å². The summed E-state index contributed by atoms with van der Waals surface area (Å²) in [6.45, 7) is 6.25. The lowest BCUT2D eigenvalue weighted by atomic mass is 10.1. The van der Waals surface area contributed by atoms with Gasteiger partial charge in [0.25, 0.3) is 5.16 Å². The number of H-pyrrole nitrogens is 1. The first-order valence-electron chi connectivity index (χ1n) is 8.74. The topological polar surface area (TPSA) is 131 Å². The Hall–Kier alpha value is -3.08. The predicted molar refractivity (Wildman–Crippen MR) is 104 cm³/mol. The van der Waals surface area contributed by atoms with Crippen molar-refractivity contribution in [2.75, 3.05) is 11.6 Å². The SMILES string of the molecule is Cc1ccnc2[nH]c(CNc3nc(S(C)(=O)=O)nc4c(C(C)C)cnn34)nc12. The molecule has 0 fully saturated rings. The van der Waals surface area contributed by atoms with Gasteiger partial charge in [0.05, 0.1) is 12.7 Å². The molecule has 0 saturated heterocycles. The molecule has 0 spiro atoms. The summed E-state index contributed by atoms with van der Waals surface area (Å²) in [4.78, 5) is 20.3. The molecule has 4 aromatic heterocycles. The van der Waals surface area contributed by atoms with Gasteiger partial charge in [0.15, 0.2) is 11.3 Å². The van der Waals surface area contributed by atoms with Gasteiger partial charge in [0.2, 0.25) is 15.8 Å². The fourth-order valence-corrected chi connectivity index (χ4v) is 3.40. The molecule has 4 rings (SSSR count). The van der Waals surface area contributed by atoms with Gasteiger partial charge in [-0.05, 0) is 24.5 Å². The Bertz CT molecular complexity index is 1290. The summed E-state index contributed by atoms with van der Waals surface area (Å²) >= 11 is 0. The number of nitrogens with one attached hydrogen (secondary N) is 2. The zero-order valence-corrected chi connectivity index (χ0v) is 16.7. The van der Waals surface area contributed by atoms with Crippen molar-refractivity contribution in [3.63, 3.8) is 0 Å². The molecule has 0 aliphatic carbocycles. The Balaban J connectivity index is 1.75. The largest absolute Gasteiger partial charge is 0.347 e. The van der Waals surface area contributed by atoms with E-state index >= 15 is 0 Å². The van der Waals surface area contributed by atoms with Crippen LogP contribution in [0.5, 0.6) is 0 Å². The van der Waals surface area contributed by atoms with Crippen molar-refractivity contribution >= 4 is 32.6 Å². The number of hydrogen-bond acceptors (Lipinski definition) is 8. The van der Waals surface area contributed by atoms with E-state index in [4.69, 9.17) is 0 Å². The van der Waals surface area contributed by atoms with Gasteiger partial charge in [-0.3, -0.25) is 0 Å². The number of aromatic amines is 1. The van der Waals surface area contributed by atoms with Gasteiger partial charge in [-0.2, -0.15) is 19.6 Å². The summed E-state index contributed by atoms with van der Waals surface area (Å²) in [5.74, 6) is 1.07. The summed E-state index contributed by atoms with van der Waals surface area (Å²) in [7, 11) is -3.58. The average molecular weight is 400 g/mol. The van der Waals surface area contributed by atoms with Gasteiger partial charge in [-0.1, -0.05) is 13.8 Å². The van der Waals surface area contributed by atoms with E-state index in [1.807, 2.05) is 26.8 Å². The highest BCUT2D eigenvalue weighted by Crippen LogP contribution is 2.22. The molecule has 28 heavy (non-hydrogen) atoms. The molecule has 0 aliphatic heterocycles. The van der Waals surface area contributed by atoms with Crippen molar-refractivity contribution in [1.82, 2.24) is 34.5 Å². The molecule has 10 nitrogen and oxygen atoms in total. The Labute approximate surface area is 161 Å². The molecule has 0 radical (unpaired) electrons. The maximum absolute atomic E-state index is 12.1. The van der Waals surface area contributed by atoms with Crippen LogP contribution in [0.2, 0.25) is 0 Å². The molecule has 0 atom stereocenters. The first kappa shape index (κ1) is 18.3. The van der Waals surface area contributed by atoms with Crippen molar-refractivity contribution in [1.29, 1.82) is 0 Å². The van der Waals surface area contributed by atoms with Crippen molar-refractivity contribution < 1.29 is 8.42 Å². The van der Waals surface area contributed by atoms with Crippen molar-refractivity contribution in [2.24, 2.45) is 0 Å². The van der Waals surface area contributed by atoms with Crippen LogP contribution in [-0.4, -0.2) is 49.2 Å². The fourth-order valence-electron chi connectivity index (χ4n) is 2.89. The molecule has 0 bridgehead atoms. The fraction of sp³-hybridized carbons (Fsp3) is 0.353. The lowest BCUT2D eigenvalue weighted by Gasteiger charge is -2.09. The van der Waals surface area contributed by atoms with E-state index in [1.54, 1.807) is 12.4 Å². The van der Waals surface area contributed by atoms with Crippen LogP contribution >= 0.6 is 0 Å². The van der Waals surface area contributed by atoms with E-state index in [0.29, 0.717) is 23.7 Å². The van der Waals surface area contributed by atoms with Crippen LogP contribution in [0.1, 0.15) is 36.7 Å². The van der Waals surface area contributed by atoms with E-state index < -0.39 is 9.84 Å². The van der Waals surface area contributed by atoms with Crippen LogP contribution < -0.4 is 5.32 Å². The monoisotopic (exact) mass is 400 g/mol. The minimum atomic E-state index is -3.58. The number of aromatic nitrogens is 7. The molecule has 11 heteroatoms. The van der Waals surface area contributed by atoms with Gasteiger partial charge < -0.3 is 10.3 Å². The maximum atomic E-state index is 12.1. The number of pyridine rings is 1. The summed E-state index contributed by atoms with van der Waals surface area (Å²) in [5, 5.41) is 7.19. The molecular formula is C17H20N8O2S. The summed E-state index contributed by atoms with van der Waals surface area (Å²) < 4.78 is 25.6. The first-order valence-corrected chi connectivity index (χ1v) is 10.6. The number of imidazole rings is 1. The van der Waals surface area contributed by atoms with Crippen LogP contribution in [-0.2, 0) is 16.4 Å². The van der Waals surface area contributed by atoms with E-state index in [1.165, 1.54) is 4.52 Å². The van der Waals surface area contributed by atoms with Crippen LogP contribution in [0.3, 0.4) is 0 Å². The van der Waals surface area contributed by atoms with Gasteiger partial charge in [0.1, 0.15) is 11.3 Å². The minimum Gasteiger partial charge on any atom is -0.347 e. The summed E-state index contributed by atoms with van der Waals surface area (Å²) in [6.07, 6.45) is 4.48. The number of aryl methyl sites for hydroxylation is 1. The highest BCUT2D eigenvalue weighted by molar-refractivity contribution is 7.90. The second kappa shape index (κ2) is 6.51. The second-order valence-corrected chi connectivity index (χ2v) is 8.86. The second-order valence-electron chi connectivity index (χ2n) is 6.95. The molecule has 4 heterocycles. The smallest absolute Gasteiger partial charge is 0.252 e. The Morgan fingerprint density at radius 1 is 1.25 bits per heavy atom. The number of sulfone groups is 1. The molecule has 0 saturated carbocycles. The maximum Gasteiger partial charge on any atom is 0.252 e. The highest BCUT2D eigenvalue weighted by atomic mass is 32.2. The average Bonchev–Trinajstić information content (AvgIpc) is 3.23. The minimum absolute atomic E-state index is 0.136. The molecular weight excluding hydrogens is 380 g/mol. The third kappa shape index (κ3) is 3.17.